The highest BCUT2D eigenvalue weighted by Gasteiger charge is 2.26. The second kappa shape index (κ2) is 5.61. The van der Waals surface area contributed by atoms with E-state index >= 15 is 0 Å². The highest BCUT2D eigenvalue weighted by Crippen LogP contribution is 2.38. The van der Waals surface area contributed by atoms with Crippen LogP contribution in [0.4, 0.5) is 10.5 Å². The molecule has 0 saturated carbocycles. The van der Waals surface area contributed by atoms with E-state index in [1.165, 1.54) is 6.07 Å². The van der Waals surface area contributed by atoms with Gasteiger partial charge < -0.3 is 20.3 Å². The van der Waals surface area contributed by atoms with Crippen molar-refractivity contribution in [3.05, 3.63) is 27.8 Å². The molecule has 1 aliphatic rings. The van der Waals surface area contributed by atoms with E-state index in [9.17, 15) is 25.1 Å². The maximum Gasteiger partial charge on any atom is 0.407 e. The minimum atomic E-state index is -0.806. The first kappa shape index (κ1) is 14.8. The molecule has 3 N–H and O–H groups in total. The molecule has 0 unspecified atom stereocenters. The summed E-state index contributed by atoms with van der Waals surface area (Å²) in [6.07, 6.45) is -0.200. The number of halogens is 1. The Balaban J connectivity index is 0.00000180. The molecule has 9 heteroatoms. The quantitative estimate of drug-likeness (QED) is 0.432. The Bertz CT molecular complexity index is 521. The number of benzene rings is 1. The lowest BCUT2D eigenvalue weighted by atomic mass is 10.0. The number of alkyl carbamates (subject to hydrolysis) is 1. The second-order valence-electron chi connectivity index (χ2n) is 3.79. The third-order valence-electron chi connectivity index (χ3n) is 2.62. The first-order chi connectivity index (χ1) is 8.49. The maximum absolute atomic E-state index is 11.0. The summed E-state index contributed by atoms with van der Waals surface area (Å²) in [7, 11) is 0. The summed E-state index contributed by atoms with van der Waals surface area (Å²) in [6.45, 7) is 0.186. The van der Waals surface area contributed by atoms with Gasteiger partial charge in [0.2, 0.25) is 5.75 Å². The molecule has 0 bridgehead atoms. The molecule has 8 nitrogen and oxygen atoms in total. The van der Waals surface area contributed by atoms with Crippen LogP contribution in [0, 0.1) is 10.1 Å². The van der Waals surface area contributed by atoms with Crippen LogP contribution in [0.1, 0.15) is 18.0 Å². The number of carbonyl (C=O) groups excluding carboxylic acids is 1. The van der Waals surface area contributed by atoms with Gasteiger partial charge in [0.1, 0.15) is 0 Å². The molecule has 104 valence electrons. The van der Waals surface area contributed by atoms with Crippen LogP contribution < -0.4 is 5.32 Å². The minimum Gasteiger partial charge on any atom is -0.504 e. The van der Waals surface area contributed by atoms with Gasteiger partial charge in [0.25, 0.3) is 0 Å². The van der Waals surface area contributed by atoms with Crippen molar-refractivity contribution in [2.24, 2.45) is 0 Å². The summed E-state index contributed by atoms with van der Waals surface area (Å²) in [6, 6.07) is 1.81. The van der Waals surface area contributed by atoms with Gasteiger partial charge in [-0.3, -0.25) is 10.1 Å². The fourth-order valence-electron chi connectivity index (χ4n) is 1.74. The summed E-state index contributed by atoms with van der Waals surface area (Å²) in [5, 5.41) is 31.9. The summed E-state index contributed by atoms with van der Waals surface area (Å²) >= 11 is 0. The Hall–Kier alpha value is -2.22. The predicted molar refractivity (Wildman–Crippen MR) is 65.5 cm³/mol. The number of nitro benzene ring substituents is 1. The molecule has 1 fully saturated rings. The average molecular weight is 291 g/mol. The summed E-state index contributed by atoms with van der Waals surface area (Å²) in [4.78, 5) is 20.9. The van der Waals surface area contributed by atoms with Crippen molar-refractivity contribution in [3.63, 3.8) is 0 Å². The van der Waals surface area contributed by atoms with Gasteiger partial charge in [-0.1, -0.05) is 0 Å². The van der Waals surface area contributed by atoms with Crippen LogP contribution >= 0.6 is 12.4 Å². The second-order valence-corrected chi connectivity index (χ2v) is 3.79. The molecule has 1 atom stereocenters. The van der Waals surface area contributed by atoms with Gasteiger partial charge in [-0.2, -0.15) is 0 Å². The lowest BCUT2D eigenvalue weighted by molar-refractivity contribution is -0.386. The zero-order chi connectivity index (χ0) is 13.3. The van der Waals surface area contributed by atoms with Crippen molar-refractivity contribution in [2.45, 2.75) is 12.5 Å². The molecule has 2 rings (SSSR count). The number of hydrogen-bond donors (Lipinski definition) is 3. The van der Waals surface area contributed by atoms with E-state index in [4.69, 9.17) is 0 Å². The highest BCUT2D eigenvalue weighted by atomic mass is 35.5. The number of rotatable bonds is 2. The zero-order valence-electron chi connectivity index (χ0n) is 9.53. The Morgan fingerprint density at radius 1 is 1.42 bits per heavy atom. The highest BCUT2D eigenvalue weighted by molar-refractivity contribution is 5.85. The van der Waals surface area contributed by atoms with Crippen molar-refractivity contribution in [3.8, 4) is 11.5 Å². The van der Waals surface area contributed by atoms with Crippen LogP contribution in [0.25, 0.3) is 0 Å². The molecule has 19 heavy (non-hydrogen) atoms. The van der Waals surface area contributed by atoms with E-state index in [2.05, 4.69) is 10.1 Å². The molecule has 0 radical (unpaired) electrons. The number of phenols is 2. The fraction of sp³-hybridized carbons (Fsp3) is 0.300. The summed E-state index contributed by atoms with van der Waals surface area (Å²) < 4.78 is 4.67. The summed E-state index contributed by atoms with van der Waals surface area (Å²) in [5.74, 6) is -1.39. The molecular weight excluding hydrogens is 280 g/mol. The van der Waals surface area contributed by atoms with E-state index in [0.717, 1.165) is 6.07 Å². The van der Waals surface area contributed by atoms with Gasteiger partial charge in [0.15, 0.2) is 5.75 Å². The van der Waals surface area contributed by atoms with Crippen LogP contribution in [-0.4, -0.2) is 27.8 Å². The maximum atomic E-state index is 11.0. The van der Waals surface area contributed by atoms with E-state index < -0.39 is 34.2 Å². The predicted octanol–water partition coefficient (Wildman–Crippen LogP) is 1.60. The monoisotopic (exact) mass is 290 g/mol. The van der Waals surface area contributed by atoms with Crippen LogP contribution in [-0.2, 0) is 4.74 Å². The smallest absolute Gasteiger partial charge is 0.407 e. The standard InChI is InChI=1S/C10H10N2O6.ClH/c13-8-4-5(3-7(9(8)14)12(16)17)6-1-2-18-10(15)11-6;/h3-4,6,13-14H,1-2H2,(H,11,15);1H/t6-;/m0./s1. The minimum absolute atomic E-state index is 0. The molecule has 1 aliphatic heterocycles. The topological polar surface area (TPSA) is 122 Å². The van der Waals surface area contributed by atoms with E-state index in [0.29, 0.717) is 12.0 Å². The first-order valence-electron chi connectivity index (χ1n) is 5.12. The van der Waals surface area contributed by atoms with Gasteiger partial charge in [-0.05, 0) is 11.6 Å². The molecule has 0 spiro atoms. The fourth-order valence-corrected chi connectivity index (χ4v) is 1.74. The number of nitrogens with one attached hydrogen (secondary N) is 1. The lowest BCUT2D eigenvalue weighted by Crippen LogP contribution is -2.35. The first-order valence-corrected chi connectivity index (χ1v) is 5.12. The number of nitro groups is 1. The molecule has 1 amide bonds. The van der Waals surface area contributed by atoms with Gasteiger partial charge in [-0.25, -0.2) is 4.79 Å². The number of cyclic esters (lactones) is 1. The van der Waals surface area contributed by atoms with Gasteiger partial charge in [-0.15, -0.1) is 12.4 Å². The molecule has 1 saturated heterocycles. The van der Waals surface area contributed by atoms with Crippen molar-refractivity contribution < 1.29 is 24.7 Å². The van der Waals surface area contributed by atoms with Crippen molar-refractivity contribution >= 4 is 24.2 Å². The van der Waals surface area contributed by atoms with Gasteiger partial charge in [0, 0.05) is 12.5 Å². The SMILES string of the molecule is Cl.O=C1N[C@H](c2cc(O)c(O)c([N+](=O)[O-])c2)CCO1. The van der Waals surface area contributed by atoms with Gasteiger partial charge >= 0.3 is 11.8 Å². The van der Waals surface area contributed by atoms with Crippen LogP contribution in [0.15, 0.2) is 12.1 Å². The number of aromatic hydroxyl groups is 2. The largest absolute Gasteiger partial charge is 0.504 e. The number of nitrogens with zero attached hydrogens (tertiary/aromatic N) is 1. The number of amides is 1. The Labute approximate surface area is 113 Å². The third-order valence-corrected chi connectivity index (χ3v) is 2.62. The number of phenolic OH excluding ortho intramolecular Hbond substituents is 2. The number of hydrogen-bond acceptors (Lipinski definition) is 6. The Morgan fingerprint density at radius 3 is 2.68 bits per heavy atom. The van der Waals surface area contributed by atoms with Crippen molar-refractivity contribution in [1.29, 1.82) is 0 Å². The molecule has 1 aromatic carbocycles. The van der Waals surface area contributed by atoms with Crippen LogP contribution in [0.2, 0.25) is 0 Å². The molecule has 0 aromatic heterocycles. The third kappa shape index (κ3) is 2.97. The zero-order valence-corrected chi connectivity index (χ0v) is 10.3. The van der Waals surface area contributed by atoms with Gasteiger partial charge in [0.05, 0.1) is 17.6 Å². The average Bonchev–Trinajstić information content (AvgIpc) is 2.32. The van der Waals surface area contributed by atoms with Crippen LogP contribution in [0.3, 0.4) is 0 Å². The van der Waals surface area contributed by atoms with Crippen LogP contribution in [0.5, 0.6) is 11.5 Å². The van der Waals surface area contributed by atoms with E-state index in [-0.39, 0.29) is 19.0 Å². The lowest BCUT2D eigenvalue weighted by Gasteiger charge is -2.23. The number of ether oxygens (including phenoxy) is 1. The van der Waals surface area contributed by atoms with Crippen molar-refractivity contribution in [1.82, 2.24) is 5.32 Å². The van der Waals surface area contributed by atoms with E-state index in [1.54, 1.807) is 0 Å². The summed E-state index contributed by atoms with van der Waals surface area (Å²) in [5.41, 5.74) is -0.264. The number of carbonyl (C=O) groups is 1. The van der Waals surface area contributed by atoms with E-state index in [1.807, 2.05) is 0 Å². The normalized spacial score (nSPS) is 17.9. The molecule has 1 heterocycles. The molecular formula is C10H11ClN2O6. The Morgan fingerprint density at radius 2 is 2.11 bits per heavy atom. The molecule has 0 aliphatic carbocycles. The molecule has 1 aromatic rings. The Kier molecular flexibility index (Phi) is 4.38. The van der Waals surface area contributed by atoms with Crippen molar-refractivity contribution in [2.75, 3.05) is 6.61 Å².